The van der Waals surface area contributed by atoms with Gasteiger partial charge in [-0.15, -0.1) is 0 Å². The maximum atomic E-state index is 13.9. The second-order valence-corrected chi connectivity index (χ2v) is 20.8. The molecule has 0 aromatic heterocycles. The van der Waals surface area contributed by atoms with E-state index in [1.807, 2.05) is 41.5 Å². The van der Waals surface area contributed by atoms with Crippen LogP contribution in [0.1, 0.15) is 67.9 Å². The normalized spacial score (nSPS) is 11.6. The molecule has 0 amide bonds. The molecule has 0 aliphatic carbocycles. The molecule has 0 aliphatic heterocycles. The molecule has 0 bridgehead atoms. The Labute approximate surface area is 168 Å². The summed E-state index contributed by atoms with van der Waals surface area (Å²) in [5, 5.41) is 0. The van der Waals surface area contributed by atoms with Crippen LogP contribution in [0.3, 0.4) is 0 Å². The van der Waals surface area contributed by atoms with E-state index in [1.54, 1.807) is 0 Å². The van der Waals surface area contributed by atoms with E-state index in [0.29, 0.717) is 8.87 Å². The first-order chi connectivity index (χ1) is 12.6. The van der Waals surface area contributed by atoms with Crippen molar-refractivity contribution in [2.24, 2.45) is 0 Å². The van der Waals surface area contributed by atoms with Gasteiger partial charge >= 0.3 is 169 Å². The molecule has 2 aromatic rings. The third kappa shape index (κ3) is 3.91. The zero-order valence-corrected chi connectivity index (χ0v) is 20.9. The number of carbonyl (C=O) groups excluding carboxylic acids is 2. The van der Waals surface area contributed by atoms with Crippen LogP contribution < -0.4 is 0 Å². The van der Waals surface area contributed by atoms with Gasteiger partial charge in [-0.05, 0) is 0 Å². The van der Waals surface area contributed by atoms with Crippen LogP contribution in [0.4, 0.5) is 0 Å². The monoisotopic (exact) mass is 472 g/mol. The summed E-state index contributed by atoms with van der Waals surface area (Å²) in [6.07, 6.45) is 0. The molecule has 27 heavy (non-hydrogen) atoms. The van der Waals surface area contributed by atoms with Gasteiger partial charge in [0.25, 0.3) is 0 Å². The molecule has 0 aliphatic rings. The molecule has 0 fully saturated rings. The van der Waals surface area contributed by atoms with Crippen LogP contribution in [-0.4, -0.2) is 26.0 Å². The minimum absolute atomic E-state index is 0.175. The van der Waals surface area contributed by atoms with E-state index in [4.69, 9.17) is 0 Å². The molecular weight excluding hydrogens is 439 g/mol. The predicted molar refractivity (Wildman–Crippen MR) is 117 cm³/mol. The van der Waals surface area contributed by atoms with E-state index >= 15 is 0 Å². The number of hydrogen-bond acceptors (Lipinski definition) is 2. The molecule has 0 saturated carbocycles. The topological polar surface area (TPSA) is 34.1 Å². The van der Waals surface area contributed by atoms with Gasteiger partial charge in [-0.25, -0.2) is 0 Å². The number of hydrogen-bond donors (Lipinski definition) is 0. The van der Waals surface area contributed by atoms with E-state index in [9.17, 15) is 9.59 Å². The Morgan fingerprint density at radius 3 is 1.11 bits per heavy atom. The van der Waals surface area contributed by atoms with Crippen LogP contribution in [0.5, 0.6) is 0 Å². The van der Waals surface area contributed by atoms with Gasteiger partial charge in [0.2, 0.25) is 0 Å². The van der Waals surface area contributed by atoms with Crippen LogP contribution in [0.2, 0.25) is 8.87 Å². The fourth-order valence-corrected chi connectivity index (χ4v) is 15.2. The Kier molecular flexibility index (Phi) is 6.72. The average Bonchev–Trinajstić information content (AvgIpc) is 2.54. The van der Waals surface area contributed by atoms with E-state index in [2.05, 4.69) is 38.1 Å². The molecule has 0 radical (unpaired) electrons. The van der Waals surface area contributed by atoms with E-state index in [1.165, 1.54) is 0 Å². The second kappa shape index (κ2) is 8.30. The van der Waals surface area contributed by atoms with Gasteiger partial charge in [0.15, 0.2) is 0 Å². The summed E-state index contributed by atoms with van der Waals surface area (Å²) in [6, 6.07) is 8.26. The first-order valence-corrected chi connectivity index (χ1v) is 16.7. The summed E-state index contributed by atoms with van der Waals surface area (Å²) in [5.41, 5.74) is 7.94. The van der Waals surface area contributed by atoms with Crippen LogP contribution in [0, 0.1) is 41.5 Å². The molecule has 144 valence electrons. The quantitative estimate of drug-likeness (QED) is 0.473. The van der Waals surface area contributed by atoms with Crippen molar-refractivity contribution in [3.05, 3.63) is 68.8 Å². The van der Waals surface area contributed by atoms with E-state index in [0.717, 1.165) is 44.5 Å². The van der Waals surface area contributed by atoms with Gasteiger partial charge in [0.05, 0.1) is 0 Å². The summed E-state index contributed by atoms with van der Waals surface area (Å²) in [5.74, 6) is 0. The minimum atomic E-state index is -3.82. The Morgan fingerprint density at radius 1 is 0.630 bits per heavy atom. The molecule has 3 heteroatoms. The van der Waals surface area contributed by atoms with Gasteiger partial charge in [0, 0.05) is 0 Å². The second-order valence-electron chi connectivity index (χ2n) is 7.99. The maximum absolute atomic E-state index is 13.9. The van der Waals surface area contributed by atoms with Crippen molar-refractivity contribution in [1.29, 1.82) is 0 Å². The Bertz CT molecular complexity index is 787. The van der Waals surface area contributed by atoms with E-state index < -0.39 is 18.4 Å². The predicted octanol–water partition coefficient (Wildman–Crippen LogP) is 6.17. The van der Waals surface area contributed by atoms with Crippen molar-refractivity contribution in [2.75, 3.05) is 0 Å². The third-order valence-electron chi connectivity index (χ3n) is 5.88. The van der Waals surface area contributed by atoms with Crippen molar-refractivity contribution in [1.82, 2.24) is 0 Å². The van der Waals surface area contributed by atoms with E-state index in [-0.39, 0.29) is 7.60 Å². The van der Waals surface area contributed by atoms with Gasteiger partial charge in [-0.2, -0.15) is 0 Å². The zero-order valence-electron chi connectivity index (χ0n) is 18.0. The Morgan fingerprint density at radius 2 is 0.889 bits per heavy atom. The summed E-state index contributed by atoms with van der Waals surface area (Å²) in [6.45, 7) is 16.2. The molecule has 0 unspecified atom stereocenters. The fraction of sp³-hybridized carbons (Fsp3) is 0.417. The van der Waals surface area contributed by atoms with Crippen molar-refractivity contribution in [2.45, 2.75) is 64.3 Å². The molecular formula is C24H32O2Sn. The third-order valence-corrected chi connectivity index (χ3v) is 19.2. The summed E-state index contributed by atoms with van der Waals surface area (Å²) in [7, 11) is 0. The number of benzene rings is 2. The SMILES string of the molecule is C[CH2][Sn]([CH2]C)([C](=O)c1c(C)cc(C)cc1C)[C](=O)c1c(C)cc(C)cc1C. The zero-order chi connectivity index (χ0) is 20.5. The molecule has 2 rings (SSSR count). The number of carbonyl (C=O) groups is 2. The summed E-state index contributed by atoms with van der Waals surface area (Å²) < 4.78 is 1.77. The van der Waals surface area contributed by atoms with Crippen LogP contribution in [-0.2, 0) is 0 Å². The summed E-state index contributed by atoms with van der Waals surface area (Å²) >= 11 is -3.82. The Balaban J connectivity index is 2.69. The van der Waals surface area contributed by atoms with Crippen molar-refractivity contribution in [3.63, 3.8) is 0 Å². The van der Waals surface area contributed by atoms with Crippen molar-refractivity contribution in [3.8, 4) is 0 Å². The van der Waals surface area contributed by atoms with Crippen molar-refractivity contribution < 1.29 is 9.59 Å². The number of rotatable bonds is 6. The molecule has 0 N–H and O–H groups in total. The van der Waals surface area contributed by atoms with Crippen LogP contribution in [0.15, 0.2) is 24.3 Å². The molecule has 2 nitrogen and oxygen atoms in total. The van der Waals surface area contributed by atoms with Gasteiger partial charge < -0.3 is 0 Å². The van der Waals surface area contributed by atoms with Crippen molar-refractivity contribution >= 4 is 26.0 Å². The molecule has 2 aromatic carbocycles. The average molecular weight is 471 g/mol. The first kappa shape index (κ1) is 21.9. The fourth-order valence-electron chi connectivity index (χ4n) is 4.55. The molecule has 0 spiro atoms. The molecule has 0 atom stereocenters. The standard InChI is InChI=1S/2C10H11O.2C2H5.Sn/c2*1-7-4-8(2)10(6-11)9(3)5-7;2*1-2;/h2*4-5H,1-3H3;2*1H2,2H3;. The first-order valence-electron chi connectivity index (χ1n) is 9.84. The summed E-state index contributed by atoms with van der Waals surface area (Å²) in [4.78, 5) is 27.7. The van der Waals surface area contributed by atoms with Crippen LogP contribution >= 0.6 is 0 Å². The molecule has 0 heterocycles. The van der Waals surface area contributed by atoms with Gasteiger partial charge in [0.1, 0.15) is 0 Å². The van der Waals surface area contributed by atoms with Gasteiger partial charge in [-0.1, -0.05) is 0 Å². The Hall–Kier alpha value is -1.42. The number of aryl methyl sites for hydroxylation is 6. The van der Waals surface area contributed by atoms with Crippen LogP contribution in [0.25, 0.3) is 0 Å². The van der Waals surface area contributed by atoms with Gasteiger partial charge in [-0.3, -0.25) is 0 Å². The molecule has 0 saturated heterocycles.